The van der Waals surface area contributed by atoms with Crippen LogP contribution in [0.4, 0.5) is 0 Å². The number of piperidine rings is 1. The van der Waals surface area contributed by atoms with Crippen molar-refractivity contribution in [1.29, 1.82) is 0 Å². The number of hydrogen-bond donors (Lipinski definition) is 1. The number of hydrogen-bond acceptors (Lipinski definition) is 6. The molecule has 1 aliphatic heterocycles. The van der Waals surface area contributed by atoms with Crippen molar-refractivity contribution in [3.8, 4) is 0 Å². The number of methoxy groups -OCH3 is 1. The van der Waals surface area contributed by atoms with Crippen LogP contribution < -0.4 is 5.32 Å². The third-order valence-electron chi connectivity index (χ3n) is 4.73. The smallest absolute Gasteiger partial charge is 0.338 e. The molecular formula is C19H28N2O6S. The van der Waals surface area contributed by atoms with Crippen LogP contribution in [-0.4, -0.2) is 64.1 Å². The van der Waals surface area contributed by atoms with E-state index in [1.54, 1.807) is 0 Å². The van der Waals surface area contributed by atoms with E-state index in [4.69, 9.17) is 9.47 Å². The highest BCUT2D eigenvalue weighted by atomic mass is 32.2. The van der Waals surface area contributed by atoms with Crippen molar-refractivity contribution in [2.45, 2.75) is 37.7 Å². The summed E-state index contributed by atoms with van der Waals surface area (Å²) in [6.45, 7) is 5.27. The average Bonchev–Trinajstić information content (AvgIpc) is 2.68. The molecular weight excluding hydrogens is 384 g/mol. The number of esters is 1. The first-order valence-electron chi connectivity index (χ1n) is 9.33. The molecule has 28 heavy (non-hydrogen) atoms. The molecule has 9 heteroatoms. The van der Waals surface area contributed by atoms with E-state index < -0.39 is 28.0 Å². The maximum atomic E-state index is 12.7. The van der Waals surface area contributed by atoms with Gasteiger partial charge in [0.1, 0.15) is 0 Å². The van der Waals surface area contributed by atoms with E-state index in [0.29, 0.717) is 32.2 Å². The fourth-order valence-corrected chi connectivity index (χ4v) is 4.31. The van der Waals surface area contributed by atoms with Crippen LogP contribution in [0, 0.1) is 5.92 Å². The fraction of sp³-hybridized carbons (Fsp3) is 0.579. The summed E-state index contributed by atoms with van der Waals surface area (Å²) in [4.78, 5) is 24.2. The number of rotatable bonds is 8. The lowest BCUT2D eigenvalue weighted by atomic mass is 10.0. The average molecular weight is 413 g/mol. The van der Waals surface area contributed by atoms with Crippen molar-refractivity contribution < 1.29 is 27.5 Å². The molecule has 0 aromatic heterocycles. The standard InChI is InChI=1S/C19H28N2O6S/c1-14-8-11-21(12-9-14)28(24,25)17-6-4-16(5-7-17)19(23)27-15(2)18(22)20-10-13-26-3/h4-7,14-15H,8-13H2,1-3H3,(H,20,22)/t15-/m1/s1. The Morgan fingerprint density at radius 3 is 2.39 bits per heavy atom. The molecule has 2 rings (SSSR count). The van der Waals surface area contributed by atoms with Gasteiger partial charge in [-0.1, -0.05) is 6.92 Å². The zero-order chi connectivity index (χ0) is 20.7. The number of carbonyl (C=O) groups excluding carboxylic acids is 2. The number of nitrogens with zero attached hydrogens (tertiary/aromatic N) is 1. The monoisotopic (exact) mass is 412 g/mol. The third kappa shape index (κ3) is 5.76. The Morgan fingerprint density at radius 1 is 1.21 bits per heavy atom. The van der Waals surface area contributed by atoms with Gasteiger partial charge < -0.3 is 14.8 Å². The van der Waals surface area contributed by atoms with Crippen LogP contribution in [0.1, 0.15) is 37.0 Å². The van der Waals surface area contributed by atoms with Crippen molar-refractivity contribution in [2.24, 2.45) is 5.92 Å². The van der Waals surface area contributed by atoms with E-state index in [0.717, 1.165) is 12.8 Å². The lowest BCUT2D eigenvalue weighted by Crippen LogP contribution is -2.38. The van der Waals surface area contributed by atoms with Crippen LogP contribution in [0.3, 0.4) is 0 Å². The molecule has 1 saturated heterocycles. The molecule has 1 heterocycles. The number of ether oxygens (including phenoxy) is 2. The van der Waals surface area contributed by atoms with Gasteiger partial charge in [-0.25, -0.2) is 13.2 Å². The van der Waals surface area contributed by atoms with Crippen molar-refractivity contribution >= 4 is 21.9 Å². The zero-order valence-corrected chi connectivity index (χ0v) is 17.3. The molecule has 0 aliphatic carbocycles. The molecule has 1 aliphatic rings. The first-order chi connectivity index (χ1) is 13.3. The lowest BCUT2D eigenvalue weighted by Gasteiger charge is -2.29. The molecule has 1 aromatic rings. The van der Waals surface area contributed by atoms with Crippen LogP contribution in [-0.2, 0) is 24.3 Å². The predicted octanol–water partition coefficient (Wildman–Crippen LogP) is 1.42. The zero-order valence-electron chi connectivity index (χ0n) is 16.5. The summed E-state index contributed by atoms with van der Waals surface area (Å²) >= 11 is 0. The molecule has 1 N–H and O–H groups in total. The Morgan fingerprint density at radius 2 is 1.82 bits per heavy atom. The van der Waals surface area contributed by atoms with Gasteiger partial charge in [-0.05, 0) is 49.9 Å². The lowest BCUT2D eigenvalue weighted by molar-refractivity contribution is -0.129. The molecule has 0 saturated carbocycles. The minimum Gasteiger partial charge on any atom is -0.449 e. The minimum atomic E-state index is -3.57. The summed E-state index contributed by atoms with van der Waals surface area (Å²) in [6.07, 6.45) is 0.713. The molecule has 1 amide bonds. The van der Waals surface area contributed by atoms with Gasteiger partial charge in [0.15, 0.2) is 6.10 Å². The van der Waals surface area contributed by atoms with Gasteiger partial charge in [-0.2, -0.15) is 4.31 Å². The highest BCUT2D eigenvalue weighted by Gasteiger charge is 2.28. The molecule has 0 spiro atoms. The summed E-state index contributed by atoms with van der Waals surface area (Å²) in [7, 11) is -2.05. The Bertz CT molecular complexity index is 770. The van der Waals surface area contributed by atoms with E-state index in [9.17, 15) is 18.0 Å². The third-order valence-corrected chi connectivity index (χ3v) is 6.64. The van der Waals surface area contributed by atoms with E-state index in [1.165, 1.54) is 42.6 Å². The topological polar surface area (TPSA) is 102 Å². The quantitative estimate of drug-likeness (QED) is 0.512. The first-order valence-corrected chi connectivity index (χ1v) is 10.8. The van der Waals surface area contributed by atoms with Crippen LogP contribution in [0.15, 0.2) is 29.2 Å². The number of amides is 1. The van der Waals surface area contributed by atoms with Gasteiger partial charge >= 0.3 is 5.97 Å². The summed E-state index contributed by atoms with van der Waals surface area (Å²) in [6, 6.07) is 5.59. The van der Waals surface area contributed by atoms with E-state index in [1.807, 2.05) is 0 Å². The molecule has 1 aromatic carbocycles. The second-order valence-corrected chi connectivity index (χ2v) is 8.88. The molecule has 0 bridgehead atoms. The SMILES string of the molecule is COCCNC(=O)[C@@H](C)OC(=O)c1ccc(S(=O)(=O)N2CCC(C)CC2)cc1. The van der Waals surface area contributed by atoms with Gasteiger partial charge in [0.2, 0.25) is 10.0 Å². The highest BCUT2D eigenvalue weighted by Crippen LogP contribution is 2.23. The molecule has 8 nitrogen and oxygen atoms in total. The number of carbonyl (C=O) groups is 2. The van der Waals surface area contributed by atoms with Gasteiger partial charge in [0, 0.05) is 26.7 Å². The number of nitrogens with one attached hydrogen (secondary N) is 1. The van der Waals surface area contributed by atoms with Crippen molar-refractivity contribution in [1.82, 2.24) is 9.62 Å². The summed E-state index contributed by atoms with van der Waals surface area (Å²) in [5, 5.41) is 2.58. The maximum absolute atomic E-state index is 12.7. The van der Waals surface area contributed by atoms with Crippen molar-refractivity contribution in [3.63, 3.8) is 0 Å². The van der Waals surface area contributed by atoms with Crippen LogP contribution >= 0.6 is 0 Å². The van der Waals surface area contributed by atoms with E-state index >= 15 is 0 Å². The summed E-state index contributed by atoms with van der Waals surface area (Å²) < 4.78 is 36.9. The summed E-state index contributed by atoms with van der Waals surface area (Å²) in [5.74, 6) is -0.591. The largest absolute Gasteiger partial charge is 0.449 e. The van der Waals surface area contributed by atoms with Gasteiger partial charge in [-0.15, -0.1) is 0 Å². The van der Waals surface area contributed by atoms with Crippen LogP contribution in [0.2, 0.25) is 0 Å². The fourth-order valence-electron chi connectivity index (χ4n) is 2.84. The minimum absolute atomic E-state index is 0.143. The van der Waals surface area contributed by atoms with Gasteiger partial charge in [-0.3, -0.25) is 4.79 Å². The van der Waals surface area contributed by atoms with Gasteiger partial charge in [0.05, 0.1) is 17.1 Å². The van der Waals surface area contributed by atoms with E-state index in [2.05, 4.69) is 12.2 Å². The van der Waals surface area contributed by atoms with Crippen molar-refractivity contribution in [2.75, 3.05) is 33.4 Å². The Kier molecular flexibility index (Phi) is 7.97. The normalized spacial score (nSPS) is 17.1. The predicted molar refractivity (Wildman–Crippen MR) is 103 cm³/mol. The van der Waals surface area contributed by atoms with Crippen molar-refractivity contribution in [3.05, 3.63) is 29.8 Å². The number of sulfonamides is 1. The Hall–Kier alpha value is -1.97. The summed E-state index contributed by atoms with van der Waals surface area (Å²) in [5.41, 5.74) is 0.183. The Labute approximate surface area is 166 Å². The van der Waals surface area contributed by atoms with Crippen LogP contribution in [0.5, 0.6) is 0 Å². The second kappa shape index (κ2) is 9.99. The molecule has 1 fully saturated rings. The Balaban J connectivity index is 1.97. The maximum Gasteiger partial charge on any atom is 0.338 e. The molecule has 156 valence electrons. The number of benzene rings is 1. The van der Waals surface area contributed by atoms with Gasteiger partial charge in [0.25, 0.3) is 5.91 Å². The second-order valence-electron chi connectivity index (χ2n) is 6.94. The molecule has 1 atom stereocenters. The first kappa shape index (κ1) is 22.3. The van der Waals surface area contributed by atoms with Crippen LogP contribution in [0.25, 0.3) is 0 Å². The highest BCUT2D eigenvalue weighted by molar-refractivity contribution is 7.89. The molecule has 0 radical (unpaired) electrons. The molecule has 0 unspecified atom stereocenters. The van der Waals surface area contributed by atoms with E-state index in [-0.39, 0.29) is 10.5 Å².